The molecule has 0 aliphatic carbocycles. The van der Waals surface area contributed by atoms with Crippen LogP contribution in [0, 0.1) is 0 Å². The zero-order valence-electron chi connectivity index (χ0n) is 10.1. The summed E-state index contributed by atoms with van der Waals surface area (Å²) in [5.41, 5.74) is 3.46. The van der Waals surface area contributed by atoms with Crippen LogP contribution < -0.4 is 0 Å². The maximum absolute atomic E-state index is 11.5. The lowest BCUT2D eigenvalue weighted by Crippen LogP contribution is -2.20. The van der Waals surface area contributed by atoms with Crippen molar-refractivity contribution in [2.75, 3.05) is 20.1 Å². The molecule has 0 unspecified atom stereocenters. The average molecular weight is 252 g/mol. The molecule has 1 aliphatic heterocycles. The van der Waals surface area contributed by atoms with Gasteiger partial charge in [-0.3, -0.25) is 4.79 Å². The molecule has 1 aromatic carbocycles. The number of halogens is 1. The Kier molecular flexibility index (Phi) is 4.91. The lowest BCUT2D eigenvalue weighted by Gasteiger charge is -2.10. The highest BCUT2D eigenvalue weighted by atomic mass is 35.5. The fourth-order valence-electron chi connectivity index (χ4n) is 2.11. The number of rotatable bonds is 2. The topological polar surface area (TPSA) is 20.3 Å². The van der Waals surface area contributed by atoms with E-state index in [-0.39, 0.29) is 18.2 Å². The van der Waals surface area contributed by atoms with E-state index in [1.54, 1.807) is 0 Å². The van der Waals surface area contributed by atoms with Gasteiger partial charge < -0.3 is 4.90 Å². The van der Waals surface area contributed by atoms with Gasteiger partial charge in [0.25, 0.3) is 0 Å². The number of carbonyl (C=O) groups is 1. The molecule has 2 nitrogen and oxygen atoms in total. The molecule has 0 radical (unpaired) electrons. The van der Waals surface area contributed by atoms with Gasteiger partial charge in [-0.15, -0.1) is 12.4 Å². The molecule has 1 aromatic rings. The molecule has 0 saturated heterocycles. The molecule has 0 bridgehead atoms. The van der Waals surface area contributed by atoms with Crippen molar-refractivity contribution in [2.24, 2.45) is 0 Å². The number of allylic oxidation sites excluding steroid dienone is 1. The van der Waals surface area contributed by atoms with Gasteiger partial charge in [-0.05, 0) is 43.2 Å². The summed E-state index contributed by atoms with van der Waals surface area (Å²) >= 11 is 0. The maximum atomic E-state index is 11.5. The Morgan fingerprint density at radius 2 is 1.94 bits per heavy atom. The van der Waals surface area contributed by atoms with Crippen molar-refractivity contribution in [1.29, 1.82) is 0 Å². The number of benzene rings is 1. The summed E-state index contributed by atoms with van der Waals surface area (Å²) in [5, 5.41) is 0. The predicted molar refractivity (Wildman–Crippen MR) is 73.1 cm³/mol. The smallest absolute Gasteiger partial charge is 0.185 e. The van der Waals surface area contributed by atoms with E-state index < -0.39 is 0 Å². The number of likely N-dealkylation sites (N-methyl/N-ethyl adjacent to an activating group) is 1. The van der Waals surface area contributed by atoms with E-state index >= 15 is 0 Å². The first-order chi connectivity index (χ1) is 7.70. The first-order valence-corrected chi connectivity index (χ1v) is 5.68. The van der Waals surface area contributed by atoms with E-state index in [1.807, 2.05) is 12.1 Å². The van der Waals surface area contributed by atoms with Gasteiger partial charge >= 0.3 is 0 Å². The van der Waals surface area contributed by atoms with Gasteiger partial charge in [0.2, 0.25) is 0 Å². The van der Waals surface area contributed by atoms with E-state index in [0.717, 1.165) is 31.5 Å². The molecular formula is C14H18ClNO. The van der Waals surface area contributed by atoms with Gasteiger partial charge in [-0.1, -0.05) is 18.7 Å². The van der Waals surface area contributed by atoms with Crippen LogP contribution in [0.5, 0.6) is 0 Å². The molecule has 0 N–H and O–H groups in total. The largest absolute Gasteiger partial charge is 0.306 e. The molecule has 92 valence electrons. The van der Waals surface area contributed by atoms with E-state index in [9.17, 15) is 4.79 Å². The average Bonchev–Trinajstić information content (AvgIpc) is 2.50. The summed E-state index contributed by atoms with van der Waals surface area (Å²) in [4.78, 5) is 13.8. The summed E-state index contributed by atoms with van der Waals surface area (Å²) in [6.45, 7) is 5.69. The highest BCUT2D eigenvalue weighted by molar-refractivity contribution is 6.04. The fourth-order valence-corrected chi connectivity index (χ4v) is 2.11. The summed E-state index contributed by atoms with van der Waals surface area (Å²) in [6, 6.07) is 6.03. The minimum absolute atomic E-state index is 0. The normalized spacial score (nSPS) is 15.4. The van der Waals surface area contributed by atoms with Crippen molar-refractivity contribution in [3.63, 3.8) is 0 Å². The maximum Gasteiger partial charge on any atom is 0.185 e. The Labute approximate surface area is 109 Å². The van der Waals surface area contributed by atoms with Crippen molar-refractivity contribution in [2.45, 2.75) is 12.8 Å². The zero-order valence-corrected chi connectivity index (χ0v) is 10.9. The number of nitrogens with zero attached hydrogens (tertiary/aromatic N) is 1. The minimum atomic E-state index is 0. The van der Waals surface area contributed by atoms with Gasteiger partial charge in [-0.25, -0.2) is 0 Å². The first kappa shape index (κ1) is 13.9. The Balaban J connectivity index is 0.00000144. The lowest BCUT2D eigenvalue weighted by molar-refractivity contribution is 0.104. The van der Waals surface area contributed by atoms with Crippen molar-refractivity contribution in [1.82, 2.24) is 4.90 Å². The molecular weight excluding hydrogens is 234 g/mol. The molecule has 0 aromatic heterocycles. The van der Waals surface area contributed by atoms with Crippen LogP contribution in [-0.2, 0) is 12.8 Å². The van der Waals surface area contributed by atoms with Gasteiger partial charge in [-0.2, -0.15) is 0 Å². The van der Waals surface area contributed by atoms with E-state index in [1.165, 1.54) is 17.2 Å². The Bertz CT molecular complexity index is 428. The molecule has 17 heavy (non-hydrogen) atoms. The second-order valence-electron chi connectivity index (χ2n) is 4.36. The third kappa shape index (κ3) is 3.18. The summed E-state index contributed by atoms with van der Waals surface area (Å²) in [5.74, 6) is 0.0143. The van der Waals surface area contributed by atoms with Crippen LogP contribution in [0.25, 0.3) is 0 Å². The van der Waals surface area contributed by atoms with Crippen molar-refractivity contribution < 1.29 is 4.79 Å². The first-order valence-electron chi connectivity index (χ1n) is 5.68. The third-order valence-corrected chi connectivity index (χ3v) is 3.20. The molecule has 1 aliphatic rings. The van der Waals surface area contributed by atoms with Crippen LogP contribution in [-0.4, -0.2) is 30.8 Å². The van der Waals surface area contributed by atoms with Crippen LogP contribution in [0.2, 0.25) is 0 Å². The van der Waals surface area contributed by atoms with E-state index in [2.05, 4.69) is 24.6 Å². The number of carbonyl (C=O) groups excluding carboxylic acids is 1. The van der Waals surface area contributed by atoms with Crippen LogP contribution in [0.4, 0.5) is 0 Å². The van der Waals surface area contributed by atoms with Gasteiger partial charge in [0.15, 0.2) is 5.78 Å². The molecule has 3 heteroatoms. The molecule has 0 fully saturated rings. The Hall–Kier alpha value is -1.12. The summed E-state index contributed by atoms with van der Waals surface area (Å²) in [7, 11) is 2.14. The molecule has 0 saturated carbocycles. The van der Waals surface area contributed by atoms with Crippen LogP contribution >= 0.6 is 12.4 Å². The Morgan fingerprint density at radius 1 is 1.29 bits per heavy atom. The molecule has 1 heterocycles. The number of ketones is 1. The number of hydrogen-bond donors (Lipinski definition) is 0. The van der Waals surface area contributed by atoms with Crippen molar-refractivity contribution in [3.05, 3.63) is 47.5 Å². The van der Waals surface area contributed by atoms with Crippen LogP contribution in [0.1, 0.15) is 21.5 Å². The van der Waals surface area contributed by atoms with Crippen molar-refractivity contribution in [3.8, 4) is 0 Å². The van der Waals surface area contributed by atoms with Gasteiger partial charge in [0, 0.05) is 18.7 Å². The third-order valence-electron chi connectivity index (χ3n) is 3.20. The molecule has 0 atom stereocenters. The number of hydrogen-bond acceptors (Lipinski definition) is 2. The standard InChI is InChI=1S/C14H17NO.ClH/c1-3-14(16)13-5-4-11-6-8-15(2)9-7-12(11)10-13;/h3-5,10H,1,6-9H2,2H3;1H. The monoisotopic (exact) mass is 251 g/mol. The summed E-state index contributed by atoms with van der Waals surface area (Å²) < 4.78 is 0. The fraction of sp³-hybridized carbons (Fsp3) is 0.357. The van der Waals surface area contributed by atoms with Crippen LogP contribution in [0.3, 0.4) is 0 Å². The molecule has 0 amide bonds. The second-order valence-corrected chi connectivity index (χ2v) is 4.36. The van der Waals surface area contributed by atoms with E-state index in [0.29, 0.717) is 0 Å². The summed E-state index contributed by atoms with van der Waals surface area (Å²) in [6.07, 6.45) is 3.49. The molecule has 2 rings (SSSR count). The quantitative estimate of drug-likeness (QED) is 0.595. The van der Waals surface area contributed by atoms with Crippen molar-refractivity contribution >= 4 is 18.2 Å². The number of fused-ring (bicyclic) bond motifs is 1. The van der Waals surface area contributed by atoms with E-state index in [4.69, 9.17) is 0 Å². The predicted octanol–water partition coefficient (Wildman–Crippen LogP) is 2.51. The van der Waals surface area contributed by atoms with Crippen LogP contribution in [0.15, 0.2) is 30.9 Å². The highest BCUT2D eigenvalue weighted by Gasteiger charge is 2.12. The Morgan fingerprint density at radius 3 is 2.59 bits per heavy atom. The lowest BCUT2D eigenvalue weighted by atomic mass is 9.98. The SMILES string of the molecule is C=CC(=O)c1ccc2c(c1)CCN(C)CC2.Cl. The molecule has 0 spiro atoms. The minimum Gasteiger partial charge on any atom is -0.306 e. The highest BCUT2D eigenvalue weighted by Crippen LogP contribution is 2.17. The van der Waals surface area contributed by atoms with Gasteiger partial charge in [0.05, 0.1) is 0 Å². The second kappa shape index (κ2) is 5.99. The van der Waals surface area contributed by atoms with Gasteiger partial charge in [0.1, 0.15) is 0 Å². The zero-order chi connectivity index (χ0) is 11.5.